The van der Waals surface area contributed by atoms with Crippen molar-refractivity contribution in [2.45, 2.75) is 52.3 Å². The van der Waals surface area contributed by atoms with Gasteiger partial charge in [0, 0.05) is 13.1 Å². The van der Waals surface area contributed by atoms with Gasteiger partial charge in [-0.2, -0.15) is 13.2 Å². The average Bonchev–Trinajstić information content (AvgIpc) is 2.26. The highest BCUT2D eigenvalue weighted by Crippen LogP contribution is 2.31. The highest BCUT2D eigenvalue weighted by Gasteiger charge is 2.42. The molecule has 1 saturated heterocycles. The number of hydrogen-bond acceptors (Lipinski definition) is 2. The first-order valence-corrected chi connectivity index (χ1v) is 6.67. The summed E-state index contributed by atoms with van der Waals surface area (Å²) < 4.78 is 37.4. The van der Waals surface area contributed by atoms with Crippen LogP contribution in [0.5, 0.6) is 0 Å². The van der Waals surface area contributed by atoms with Crippen LogP contribution in [0.4, 0.5) is 13.2 Å². The maximum absolute atomic E-state index is 12.5. The quantitative estimate of drug-likeness (QED) is 0.834. The molecule has 0 aliphatic carbocycles. The molecule has 112 valence electrons. The first kappa shape index (κ1) is 16.3. The number of rotatable bonds is 3. The zero-order valence-electron chi connectivity index (χ0n) is 11.7. The molecule has 6 heteroatoms. The van der Waals surface area contributed by atoms with Gasteiger partial charge in [-0.05, 0) is 24.7 Å². The van der Waals surface area contributed by atoms with Crippen LogP contribution in [0.1, 0.15) is 40.0 Å². The van der Waals surface area contributed by atoms with Gasteiger partial charge >= 0.3 is 6.18 Å². The predicted octanol–water partition coefficient (Wildman–Crippen LogP) is 2.47. The van der Waals surface area contributed by atoms with Gasteiger partial charge in [-0.3, -0.25) is 4.79 Å². The molecule has 1 fully saturated rings. The molecular formula is C13H23F3N2O. The van der Waals surface area contributed by atoms with Crippen molar-refractivity contribution in [3.63, 3.8) is 0 Å². The van der Waals surface area contributed by atoms with Gasteiger partial charge in [-0.1, -0.05) is 20.8 Å². The molecule has 1 aliphatic heterocycles. The number of hydrogen-bond donors (Lipinski definition) is 2. The summed E-state index contributed by atoms with van der Waals surface area (Å²) in [6.45, 7) is 6.62. The van der Waals surface area contributed by atoms with Gasteiger partial charge in [0.05, 0.1) is 12.0 Å². The first-order valence-electron chi connectivity index (χ1n) is 6.67. The summed E-state index contributed by atoms with van der Waals surface area (Å²) in [6.07, 6.45) is -3.06. The van der Waals surface area contributed by atoms with Crippen molar-refractivity contribution in [2.75, 3.05) is 13.1 Å². The number of carbonyl (C=O) groups excluding carboxylic acids is 1. The van der Waals surface area contributed by atoms with Gasteiger partial charge in [0.15, 0.2) is 0 Å². The fraction of sp³-hybridized carbons (Fsp3) is 0.923. The second-order valence-electron chi connectivity index (χ2n) is 6.38. The Kier molecular flexibility index (Phi) is 5.24. The number of halogens is 3. The molecule has 0 aromatic carbocycles. The summed E-state index contributed by atoms with van der Waals surface area (Å²) in [7, 11) is 0. The lowest BCUT2D eigenvalue weighted by molar-refractivity contribution is -0.180. The number of carbonyl (C=O) groups is 1. The van der Waals surface area contributed by atoms with Crippen LogP contribution in [0, 0.1) is 11.3 Å². The summed E-state index contributed by atoms with van der Waals surface area (Å²) >= 11 is 0. The molecule has 0 aromatic heterocycles. The summed E-state index contributed by atoms with van der Waals surface area (Å²) in [6, 6.07) is -0.487. The van der Waals surface area contributed by atoms with E-state index in [1.807, 2.05) is 0 Å². The van der Waals surface area contributed by atoms with Gasteiger partial charge in [0.1, 0.15) is 0 Å². The molecule has 0 bridgehead atoms. The minimum absolute atomic E-state index is 0.0217. The smallest absolute Gasteiger partial charge is 0.355 e. The lowest BCUT2D eigenvalue weighted by Crippen LogP contribution is -2.51. The Bertz CT molecular complexity index is 302. The molecule has 19 heavy (non-hydrogen) atoms. The Morgan fingerprint density at radius 3 is 2.32 bits per heavy atom. The van der Waals surface area contributed by atoms with E-state index in [2.05, 4.69) is 31.4 Å². The molecule has 0 radical (unpaired) electrons. The van der Waals surface area contributed by atoms with Crippen LogP contribution in [-0.4, -0.2) is 31.2 Å². The van der Waals surface area contributed by atoms with Crippen molar-refractivity contribution >= 4 is 5.91 Å². The van der Waals surface area contributed by atoms with Gasteiger partial charge in [0.2, 0.25) is 5.91 Å². The summed E-state index contributed by atoms with van der Waals surface area (Å²) in [5.74, 6) is -1.52. The monoisotopic (exact) mass is 280 g/mol. The van der Waals surface area contributed by atoms with Crippen molar-refractivity contribution < 1.29 is 18.0 Å². The normalized spacial score (nSPS) is 25.2. The molecule has 0 spiro atoms. The Labute approximate surface area is 112 Å². The molecule has 1 heterocycles. The fourth-order valence-electron chi connectivity index (χ4n) is 2.04. The Balaban J connectivity index is 2.29. The number of piperidine rings is 1. The second-order valence-corrected chi connectivity index (χ2v) is 6.38. The molecule has 2 atom stereocenters. The predicted molar refractivity (Wildman–Crippen MR) is 67.7 cm³/mol. The fourth-order valence-corrected chi connectivity index (χ4v) is 2.04. The minimum atomic E-state index is -4.17. The third kappa shape index (κ3) is 5.80. The van der Waals surface area contributed by atoms with Crippen molar-refractivity contribution in [3.05, 3.63) is 0 Å². The van der Waals surface area contributed by atoms with Crippen LogP contribution in [0.3, 0.4) is 0 Å². The first-order chi connectivity index (χ1) is 8.59. The molecule has 0 aromatic rings. The lowest BCUT2D eigenvalue weighted by atomic mass is 9.92. The van der Waals surface area contributed by atoms with Gasteiger partial charge in [-0.25, -0.2) is 0 Å². The third-order valence-corrected chi connectivity index (χ3v) is 3.37. The highest BCUT2D eigenvalue weighted by atomic mass is 19.4. The molecule has 1 rings (SSSR count). The van der Waals surface area contributed by atoms with Crippen molar-refractivity contribution in [1.82, 2.24) is 10.6 Å². The lowest BCUT2D eigenvalue weighted by Gasteiger charge is -2.30. The van der Waals surface area contributed by atoms with Crippen LogP contribution in [0.15, 0.2) is 0 Å². The Morgan fingerprint density at radius 1 is 1.26 bits per heavy atom. The standard InChI is InChI=1S/C13H23F3N2O/c1-12(2,3)6-7-17-11(19)10-5-4-9(8-18-10)13(14,15)16/h9-10,18H,4-8H2,1-3H3,(H,17,19). The van der Waals surface area contributed by atoms with E-state index in [1.165, 1.54) is 0 Å². The summed E-state index contributed by atoms with van der Waals surface area (Å²) in [5, 5.41) is 5.47. The molecule has 2 unspecified atom stereocenters. The maximum Gasteiger partial charge on any atom is 0.393 e. The molecule has 3 nitrogen and oxygen atoms in total. The largest absolute Gasteiger partial charge is 0.393 e. The van der Waals surface area contributed by atoms with E-state index in [-0.39, 0.29) is 30.7 Å². The molecule has 2 N–H and O–H groups in total. The third-order valence-electron chi connectivity index (χ3n) is 3.37. The molecule has 0 saturated carbocycles. The zero-order valence-corrected chi connectivity index (χ0v) is 11.7. The SMILES string of the molecule is CC(C)(C)CCNC(=O)C1CCC(C(F)(F)F)CN1. The minimum Gasteiger partial charge on any atom is -0.355 e. The van der Waals surface area contributed by atoms with Crippen LogP contribution in [0.25, 0.3) is 0 Å². The maximum atomic E-state index is 12.5. The van der Waals surface area contributed by atoms with Crippen LogP contribution in [-0.2, 0) is 4.79 Å². The van der Waals surface area contributed by atoms with Crippen LogP contribution >= 0.6 is 0 Å². The van der Waals surface area contributed by atoms with E-state index in [1.54, 1.807) is 0 Å². The van der Waals surface area contributed by atoms with Crippen molar-refractivity contribution in [3.8, 4) is 0 Å². The van der Waals surface area contributed by atoms with Crippen LogP contribution < -0.4 is 10.6 Å². The highest BCUT2D eigenvalue weighted by molar-refractivity contribution is 5.81. The van der Waals surface area contributed by atoms with Gasteiger partial charge in [-0.15, -0.1) is 0 Å². The number of amides is 1. The second kappa shape index (κ2) is 6.11. The molecule has 1 aliphatic rings. The average molecular weight is 280 g/mol. The topological polar surface area (TPSA) is 41.1 Å². The van der Waals surface area contributed by atoms with E-state index >= 15 is 0 Å². The van der Waals surface area contributed by atoms with Crippen molar-refractivity contribution in [1.29, 1.82) is 0 Å². The number of alkyl halides is 3. The van der Waals surface area contributed by atoms with E-state index in [0.717, 1.165) is 6.42 Å². The molecular weight excluding hydrogens is 257 g/mol. The summed E-state index contributed by atoms with van der Waals surface area (Å²) in [5.41, 5.74) is 0.134. The molecule has 1 amide bonds. The van der Waals surface area contributed by atoms with E-state index in [4.69, 9.17) is 0 Å². The summed E-state index contributed by atoms with van der Waals surface area (Å²) in [4.78, 5) is 11.8. The zero-order chi connectivity index (χ0) is 14.7. The number of nitrogens with one attached hydrogen (secondary N) is 2. The van der Waals surface area contributed by atoms with Gasteiger partial charge in [0.25, 0.3) is 0 Å². The van der Waals surface area contributed by atoms with Gasteiger partial charge < -0.3 is 10.6 Å². The van der Waals surface area contributed by atoms with E-state index < -0.39 is 18.1 Å². The Morgan fingerprint density at radius 2 is 1.89 bits per heavy atom. The van der Waals surface area contributed by atoms with E-state index in [9.17, 15) is 18.0 Å². The van der Waals surface area contributed by atoms with Crippen molar-refractivity contribution in [2.24, 2.45) is 11.3 Å². The Hall–Kier alpha value is -0.780. The van der Waals surface area contributed by atoms with E-state index in [0.29, 0.717) is 6.54 Å². The van der Waals surface area contributed by atoms with Crippen LogP contribution in [0.2, 0.25) is 0 Å².